The number of carbonyl (C=O) groups excluding carboxylic acids is 1. The van der Waals surface area contributed by atoms with Crippen molar-refractivity contribution in [3.63, 3.8) is 0 Å². The topological polar surface area (TPSA) is 60.4 Å². The van der Waals surface area contributed by atoms with E-state index in [2.05, 4.69) is 0 Å². The fourth-order valence-electron chi connectivity index (χ4n) is 2.68. The van der Waals surface area contributed by atoms with Crippen molar-refractivity contribution in [3.8, 4) is 11.1 Å². The Bertz CT molecular complexity index is 1040. The van der Waals surface area contributed by atoms with E-state index >= 15 is 0 Å². The van der Waals surface area contributed by atoms with Crippen molar-refractivity contribution in [2.24, 2.45) is 0 Å². The summed E-state index contributed by atoms with van der Waals surface area (Å²) in [4.78, 5) is 12.5. The van der Waals surface area contributed by atoms with Gasteiger partial charge in [-0.2, -0.15) is 0 Å². The van der Waals surface area contributed by atoms with Crippen LogP contribution in [0.3, 0.4) is 0 Å². The quantitative estimate of drug-likeness (QED) is 0.430. The highest BCUT2D eigenvalue weighted by Crippen LogP contribution is 2.27. The van der Waals surface area contributed by atoms with Gasteiger partial charge in [0.1, 0.15) is 6.61 Å². The largest absolute Gasteiger partial charge is 0.459 e. The van der Waals surface area contributed by atoms with Crippen LogP contribution < -0.4 is 0 Å². The van der Waals surface area contributed by atoms with Crippen LogP contribution in [-0.2, 0) is 26.0 Å². The fraction of sp³-hybridized carbons (Fsp3) is 0.136. The average molecular weight is 415 g/mol. The van der Waals surface area contributed by atoms with E-state index in [-0.39, 0.29) is 11.5 Å². The van der Waals surface area contributed by atoms with Crippen molar-refractivity contribution in [2.45, 2.75) is 16.9 Å². The van der Waals surface area contributed by atoms with E-state index in [0.717, 1.165) is 16.7 Å². The first-order valence-electron chi connectivity index (χ1n) is 8.60. The molecule has 0 saturated heterocycles. The Morgan fingerprint density at radius 3 is 1.96 bits per heavy atom. The minimum atomic E-state index is -3.22. The molecule has 0 aliphatic carbocycles. The van der Waals surface area contributed by atoms with Crippen molar-refractivity contribution < 1.29 is 17.9 Å². The van der Waals surface area contributed by atoms with E-state index in [9.17, 15) is 13.2 Å². The maximum Gasteiger partial charge on any atom is 0.328 e. The molecule has 0 bridgehead atoms. The van der Waals surface area contributed by atoms with Crippen LogP contribution >= 0.6 is 11.6 Å². The molecule has 0 aliphatic heterocycles. The normalized spacial score (nSPS) is 12.4. The Hall–Kier alpha value is -2.63. The molecule has 1 unspecified atom stereocenters. The van der Waals surface area contributed by atoms with E-state index in [0.29, 0.717) is 5.56 Å². The first kappa shape index (κ1) is 20.1. The number of hydrogen-bond acceptors (Lipinski definition) is 4. The molecule has 6 heteroatoms. The van der Waals surface area contributed by atoms with Crippen molar-refractivity contribution >= 4 is 27.4 Å². The van der Waals surface area contributed by atoms with Crippen LogP contribution in [0.2, 0.25) is 0 Å². The minimum absolute atomic E-state index is 0.174. The summed E-state index contributed by atoms with van der Waals surface area (Å²) in [5, 5.41) is -0.898. The number of hydrogen-bond donors (Lipinski definition) is 0. The second-order valence-corrected chi connectivity index (χ2v) is 8.83. The molecule has 3 aromatic rings. The van der Waals surface area contributed by atoms with E-state index in [4.69, 9.17) is 16.3 Å². The summed E-state index contributed by atoms with van der Waals surface area (Å²) in [7, 11) is -3.22. The number of esters is 1. The molecular formula is C22H19ClO4S. The zero-order valence-corrected chi connectivity index (χ0v) is 16.8. The number of sulfone groups is 1. The second kappa shape index (κ2) is 8.59. The molecule has 0 aromatic heterocycles. The van der Waals surface area contributed by atoms with Gasteiger partial charge in [0.05, 0.1) is 4.90 Å². The lowest BCUT2D eigenvalue weighted by Crippen LogP contribution is -2.11. The molecule has 3 aromatic carbocycles. The molecule has 0 saturated carbocycles. The van der Waals surface area contributed by atoms with Crippen LogP contribution in [0, 0.1) is 0 Å². The highest BCUT2D eigenvalue weighted by Gasteiger charge is 2.19. The van der Waals surface area contributed by atoms with Crippen molar-refractivity contribution in [1.29, 1.82) is 0 Å². The van der Waals surface area contributed by atoms with E-state index < -0.39 is 21.2 Å². The monoisotopic (exact) mass is 414 g/mol. The van der Waals surface area contributed by atoms with Gasteiger partial charge in [0.2, 0.25) is 0 Å². The molecule has 144 valence electrons. The third kappa shape index (κ3) is 5.00. The summed E-state index contributed by atoms with van der Waals surface area (Å²) in [6, 6.07) is 23.2. The van der Waals surface area contributed by atoms with Crippen LogP contribution in [0.5, 0.6) is 0 Å². The van der Waals surface area contributed by atoms with Gasteiger partial charge >= 0.3 is 5.97 Å². The van der Waals surface area contributed by atoms with Gasteiger partial charge in [0.15, 0.2) is 15.2 Å². The van der Waals surface area contributed by atoms with Crippen LogP contribution in [0.4, 0.5) is 0 Å². The minimum Gasteiger partial charge on any atom is -0.459 e. The van der Waals surface area contributed by atoms with Crippen LogP contribution in [-0.4, -0.2) is 20.6 Å². The van der Waals surface area contributed by atoms with Crippen LogP contribution in [0.15, 0.2) is 83.8 Å². The standard InChI is InChI=1S/C22H19ClO4S/c1-28(25,26)20-13-11-18(12-14-20)17-7-9-19(10-8-17)21(23)22(24)27-15-16-5-3-2-4-6-16/h2-14,21H,15H2,1H3. The Morgan fingerprint density at radius 1 is 0.893 bits per heavy atom. The molecule has 0 radical (unpaired) electrons. The lowest BCUT2D eigenvalue weighted by Gasteiger charge is -2.11. The Kier molecular flexibility index (Phi) is 6.17. The highest BCUT2D eigenvalue weighted by atomic mass is 35.5. The lowest BCUT2D eigenvalue weighted by molar-refractivity contribution is -0.144. The summed E-state index contributed by atoms with van der Waals surface area (Å²) in [5.41, 5.74) is 3.30. The number of ether oxygens (including phenoxy) is 1. The smallest absolute Gasteiger partial charge is 0.328 e. The maximum atomic E-state index is 12.2. The van der Waals surface area contributed by atoms with Crippen LogP contribution in [0.1, 0.15) is 16.5 Å². The molecule has 0 spiro atoms. The fourth-order valence-corrected chi connectivity index (χ4v) is 3.52. The molecular weight excluding hydrogens is 396 g/mol. The number of benzene rings is 3. The number of halogens is 1. The molecule has 0 N–H and O–H groups in total. The third-order valence-electron chi connectivity index (χ3n) is 4.25. The summed E-state index contributed by atoms with van der Waals surface area (Å²) in [6.07, 6.45) is 1.17. The lowest BCUT2D eigenvalue weighted by atomic mass is 10.0. The van der Waals surface area contributed by atoms with Gasteiger partial charge in [0, 0.05) is 6.26 Å². The van der Waals surface area contributed by atoms with Gasteiger partial charge in [0.25, 0.3) is 0 Å². The van der Waals surface area contributed by atoms with E-state index in [1.165, 1.54) is 6.26 Å². The molecule has 0 fully saturated rings. The van der Waals surface area contributed by atoms with Gasteiger partial charge in [-0.05, 0) is 34.4 Å². The zero-order chi connectivity index (χ0) is 20.1. The summed E-state index contributed by atoms with van der Waals surface area (Å²) < 4.78 is 28.4. The predicted octanol–water partition coefficient (Wildman–Crippen LogP) is 4.78. The Balaban J connectivity index is 1.67. The number of carbonyl (C=O) groups is 1. The Morgan fingerprint density at radius 2 is 1.43 bits per heavy atom. The summed E-state index contributed by atoms with van der Waals surface area (Å²) in [5.74, 6) is -0.504. The molecule has 1 atom stereocenters. The van der Waals surface area contributed by atoms with E-state index in [1.807, 2.05) is 42.5 Å². The maximum absolute atomic E-state index is 12.2. The molecule has 3 rings (SSSR count). The molecule has 0 amide bonds. The zero-order valence-electron chi connectivity index (χ0n) is 15.2. The summed E-state index contributed by atoms with van der Waals surface area (Å²) in [6.45, 7) is 0.174. The average Bonchev–Trinajstić information content (AvgIpc) is 2.72. The Labute approximate surface area is 169 Å². The van der Waals surface area contributed by atoms with Gasteiger partial charge in [-0.25, -0.2) is 8.42 Å². The first-order chi connectivity index (χ1) is 13.3. The molecule has 4 nitrogen and oxygen atoms in total. The van der Waals surface area contributed by atoms with Crippen molar-refractivity contribution in [3.05, 3.63) is 90.0 Å². The summed E-state index contributed by atoms with van der Waals surface area (Å²) >= 11 is 6.25. The SMILES string of the molecule is CS(=O)(=O)c1ccc(-c2ccc(C(Cl)C(=O)OCc3ccccc3)cc2)cc1. The molecule has 28 heavy (non-hydrogen) atoms. The van der Waals surface area contributed by atoms with Gasteiger partial charge in [-0.1, -0.05) is 66.7 Å². The van der Waals surface area contributed by atoms with Crippen molar-refractivity contribution in [1.82, 2.24) is 0 Å². The van der Waals surface area contributed by atoms with Gasteiger partial charge in [-0.3, -0.25) is 4.79 Å². The highest BCUT2D eigenvalue weighted by molar-refractivity contribution is 7.90. The van der Waals surface area contributed by atoms with Crippen LogP contribution in [0.25, 0.3) is 11.1 Å². The van der Waals surface area contributed by atoms with Gasteiger partial charge in [-0.15, -0.1) is 11.6 Å². The first-order valence-corrected chi connectivity index (χ1v) is 10.9. The van der Waals surface area contributed by atoms with Crippen molar-refractivity contribution in [2.75, 3.05) is 6.26 Å². The van der Waals surface area contributed by atoms with Gasteiger partial charge < -0.3 is 4.74 Å². The second-order valence-electron chi connectivity index (χ2n) is 6.37. The molecule has 0 aliphatic rings. The predicted molar refractivity (Wildman–Crippen MR) is 110 cm³/mol. The third-order valence-corrected chi connectivity index (χ3v) is 5.81. The van der Waals surface area contributed by atoms with E-state index in [1.54, 1.807) is 36.4 Å². The number of rotatable bonds is 6. The molecule has 0 heterocycles. The number of alkyl halides is 1.